The molecule has 28 heavy (non-hydrogen) atoms. The average Bonchev–Trinajstić information content (AvgIpc) is 3.58. The second-order valence-corrected chi connectivity index (χ2v) is 6.25. The van der Waals surface area contributed by atoms with Crippen LogP contribution in [0.25, 0.3) is 18.2 Å². The molecule has 2 aromatic rings. The third-order valence-electron chi connectivity index (χ3n) is 3.97. The van der Waals surface area contributed by atoms with Gasteiger partial charge in [-0.05, 0) is 23.6 Å². The zero-order valence-electron chi connectivity index (χ0n) is 16.2. The predicted octanol–water partition coefficient (Wildman–Crippen LogP) is 5.56. The SMILES string of the molecule is C=Cc1ccc(C=C)cc1.CC(=CC=Cc1ccccc1)C(=O)OCC1CO1. The summed E-state index contributed by atoms with van der Waals surface area (Å²) in [7, 11) is 0. The lowest BCUT2D eigenvalue weighted by Gasteiger charge is -2.01. The maximum atomic E-state index is 11.5. The Morgan fingerprint density at radius 1 is 1.04 bits per heavy atom. The van der Waals surface area contributed by atoms with Crippen LogP contribution in [0.5, 0.6) is 0 Å². The van der Waals surface area contributed by atoms with E-state index in [2.05, 4.69) is 13.2 Å². The number of benzene rings is 2. The smallest absolute Gasteiger partial charge is 0.333 e. The molecule has 2 aromatic carbocycles. The molecular formula is C25H26O3. The van der Waals surface area contributed by atoms with Gasteiger partial charge in [-0.1, -0.05) is 98.1 Å². The van der Waals surface area contributed by atoms with E-state index < -0.39 is 0 Å². The summed E-state index contributed by atoms with van der Waals surface area (Å²) in [6.45, 7) is 10.1. The van der Waals surface area contributed by atoms with Crippen molar-refractivity contribution < 1.29 is 14.3 Å². The largest absolute Gasteiger partial charge is 0.459 e. The van der Waals surface area contributed by atoms with Crippen LogP contribution in [0.1, 0.15) is 23.6 Å². The number of hydrogen-bond donors (Lipinski definition) is 0. The Labute approximate surface area is 167 Å². The van der Waals surface area contributed by atoms with E-state index in [1.54, 1.807) is 13.0 Å². The summed E-state index contributed by atoms with van der Waals surface area (Å²) in [6, 6.07) is 18.0. The van der Waals surface area contributed by atoms with Gasteiger partial charge in [0.2, 0.25) is 0 Å². The molecule has 0 aliphatic carbocycles. The third kappa shape index (κ3) is 8.02. The summed E-state index contributed by atoms with van der Waals surface area (Å²) in [5.74, 6) is -0.289. The molecule has 1 unspecified atom stereocenters. The van der Waals surface area contributed by atoms with E-state index in [9.17, 15) is 4.79 Å². The van der Waals surface area contributed by atoms with Crippen molar-refractivity contribution in [2.75, 3.05) is 13.2 Å². The van der Waals surface area contributed by atoms with Gasteiger partial charge in [0.1, 0.15) is 12.7 Å². The lowest BCUT2D eigenvalue weighted by atomic mass is 10.1. The minimum atomic E-state index is -0.289. The van der Waals surface area contributed by atoms with E-state index in [1.165, 1.54) is 0 Å². The molecule has 3 heteroatoms. The maximum Gasteiger partial charge on any atom is 0.333 e. The normalized spacial score (nSPS) is 15.3. The Kier molecular flexibility index (Phi) is 8.70. The molecule has 0 radical (unpaired) electrons. The minimum Gasteiger partial charge on any atom is -0.459 e. The van der Waals surface area contributed by atoms with Crippen LogP contribution in [0, 0.1) is 0 Å². The van der Waals surface area contributed by atoms with Gasteiger partial charge in [-0.2, -0.15) is 0 Å². The van der Waals surface area contributed by atoms with Gasteiger partial charge in [-0.15, -0.1) is 0 Å². The number of rotatable bonds is 7. The lowest BCUT2D eigenvalue weighted by molar-refractivity contribution is -0.139. The van der Waals surface area contributed by atoms with E-state index in [4.69, 9.17) is 9.47 Å². The Bertz CT molecular complexity index is 799. The summed E-state index contributed by atoms with van der Waals surface area (Å²) in [5.41, 5.74) is 3.97. The first-order valence-corrected chi connectivity index (χ1v) is 9.16. The zero-order chi connectivity index (χ0) is 20.2. The van der Waals surface area contributed by atoms with E-state index in [0.717, 1.165) is 16.7 Å². The fraction of sp³-hybridized carbons (Fsp3) is 0.160. The number of ether oxygens (including phenoxy) is 2. The number of hydrogen-bond acceptors (Lipinski definition) is 3. The van der Waals surface area contributed by atoms with Crippen LogP contribution in [0.15, 0.2) is 85.5 Å². The number of allylic oxidation sites excluding steroid dienone is 2. The molecule has 0 aromatic heterocycles. The molecule has 0 bridgehead atoms. The van der Waals surface area contributed by atoms with E-state index in [0.29, 0.717) is 18.8 Å². The summed E-state index contributed by atoms with van der Waals surface area (Å²) < 4.78 is 10.0. The highest BCUT2D eigenvalue weighted by Gasteiger charge is 2.24. The molecule has 1 aliphatic rings. The van der Waals surface area contributed by atoms with Gasteiger partial charge in [0.25, 0.3) is 0 Å². The molecule has 0 N–H and O–H groups in total. The van der Waals surface area contributed by atoms with Gasteiger partial charge >= 0.3 is 5.97 Å². The number of carbonyl (C=O) groups is 1. The molecule has 0 spiro atoms. The van der Waals surface area contributed by atoms with Crippen LogP contribution in [0.4, 0.5) is 0 Å². The van der Waals surface area contributed by atoms with Crippen molar-refractivity contribution in [3.05, 3.63) is 102 Å². The molecule has 0 amide bonds. The first-order chi connectivity index (χ1) is 13.6. The molecule has 1 heterocycles. The molecule has 144 valence electrons. The third-order valence-corrected chi connectivity index (χ3v) is 3.97. The quantitative estimate of drug-likeness (QED) is 0.276. The molecule has 3 nitrogen and oxygen atoms in total. The maximum absolute atomic E-state index is 11.5. The highest BCUT2D eigenvalue weighted by molar-refractivity contribution is 5.88. The van der Waals surface area contributed by atoms with Gasteiger partial charge in [-0.25, -0.2) is 4.79 Å². The fourth-order valence-electron chi connectivity index (χ4n) is 2.15. The van der Waals surface area contributed by atoms with Crippen molar-refractivity contribution in [2.45, 2.75) is 13.0 Å². The number of esters is 1. The van der Waals surface area contributed by atoms with E-state index >= 15 is 0 Å². The molecule has 3 rings (SSSR count). The zero-order valence-corrected chi connectivity index (χ0v) is 16.2. The van der Waals surface area contributed by atoms with E-state index in [1.807, 2.05) is 78.9 Å². The van der Waals surface area contributed by atoms with Crippen LogP contribution in [0.3, 0.4) is 0 Å². The Morgan fingerprint density at radius 2 is 1.61 bits per heavy atom. The van der Waals surface area contributed by atoms with Crippen LogP contribution in [-0.4, -0.2) is 25.3 Å². The van der Waals surface area contributed by atoms with Crippen molar-refractivity contribution in [2.24, 2.45) is 0 Å². The second-order valence-electron chi connectivity index (χ2n) is 6.25. The van der Waals surface area contributed by atoms with Crippen molar-refractivity contribution >= 4 is 24.2 Å². The van der Waals surface area contributed by atoms with Crippen molar-refractivity contribution in [1.29, 1.82) is 0 Å². The van der Waals surface area contributed by atoms with E-state index in [-0.39, 0.29) is 12.1 Å². The monoisotopic (exact) mass is 374 g/mol. The molecular weight excluding hydrogens is 348 g/mol. The highest BCUT2D eigenvalue weighted by Crippen LogP contribution is 2.10. The molecule has 1 atom stereocenters. The topological polar surface area (TPSA) is 38.8 Å². The standard InChI is InChI=1S/C15H16O3.C10H10/c1-12(15(16)18-11-14-10-17-14)6-5-9-13-7-3-2-4-8-13;1-3-9-5-7-10(4-2)8-6-9/h2-9,14H,10-11H2,1H3;3-8H,1-2H2. The van der Waals surface area contributed by atoms with Crippen molar-refractivity contribution in [1.82, 2.24) is 0 Å². The molecule has 1 saturated heterocycles. The van der Waals surface area contributed by atoms with Crippen molar-refractivity contribution in [3.63, 3.8) is 0 Å². The first-order valence-electron chi connectivity index (χ1n) is 9.16. The fourth-order valence-corrected chi connectivity index (χ4v) is 2.15. The van der Waals surface area contributed by atoms with Gasteiger partial charge in [0.05, 0.1) is 6.61 Å². The second kappa shape index (κ2) is 11.5. The van der Waals surface area contributed by atoms with Crippen LogP contribution < -0.4 is 0 Å². The first kappa shape index (κ1) is 21.1. The summed E-state index contributed by atoms with van der Waals surface area (Å²) in [5, 5.41) is 0. The number of epoxide rings is 1. The molecule has 0 saturated carbocycles. The highest BCUT2D eigenvalue weighted by atomic mass is 16.6. The van der Waals surface area contributed by atoms with Crippen molar-refractivity contribution in [3.8, 4) is 0 Å². The predicted molar refractivity (Wildman–Crippen MR) is 117 cm³/mol. The van der Waals surface area contributed by atoms with Gasteiger partial charge in [-0.3, -0.25) is 0 Å². The van der Waals surface area contributed by atoms with Crippen LogP contribution >= 0.6 is 0 Å². The summed E-state index contributed by atoms with van der Waals surface area (Å²) in [6.07, 6.45) is 9.31. The lowest BCUT2D eigenvalue weighted by Crippen LogP contribution is -2.10. The van der Waals surface area contributed by atoms with Gasteiger partial charge in [0.15, 0.2) is 0 Å². The summed E-state index contributed by atoms with van der Waals surface area (Å²) >= 11 is 0. The van der Waals surface area contributed by atoms with Gasteiger partial charge < -0.3 is 9.47 Å². The molecule has 1 fully saturated rings. The van der Waals surface area contributed by atoms with Crippen LogP contribution in [-0.2, 0) is 14.3 Å². The van der Waals surface area contributed by atoms with Gasteiger partial charge in [0, 0.05) is 5.57 Å². The Morgan fingerprint density at radius 3 is 2.11 bits per heavy atom. The molecule has 1 aliphatic heterocycles. The average molecular weight is 374 g/mol. The minimum absolute atomic E-state index is 0.113. The number of carbonyl (C=O) groups excluding carboxylic acids is 1. The Hall–Kier alpha value is -3.17. The van der Waals surface area contributed by atoms with Crippen LogP contribution in [0.2, 0.25) is 0 Å². The Balaban J connectivity index is 0.000000237. The summed E-state index contributed by atoms with van der Waals surface area (Å²) in [4.78, 5) is 11.5.